The molecule has 6 atom stereocenters. The second-order valence-corrected chi connectivity index (χ2v) is 14.3. The highest BCUT2D eigenvalue weighted by atomic mass is 32.2. The third kappa shape index (κ3) is 3.32. The maximum atomic E-state index is 15.4. The molecule has 6 nitrogen and oxygen atoms in total. The van der Waals surface area contributed by atoms with E-state index in [0.29, 0.717) is 13.0 Å². The molecule has 0 radical (unpaired) electrons. The Bertz CT molecular complexity index is 1890. The summed E-state index contributed by atoms with van der Waals surface area (Å²) in [5, 5.41) is 2.79. The topological polar surface area (TPSA) is 62.2 Å². The Morgan fingerprint density at radius 1 is 0.909 bits per heavy atom. The molecule has 4 aliphatic heterocycles. The number of hydrogen-bond donors (Lipinski definition) is 0. The second kappa shape index (κ2) is 9.36. The third-order valence-corrected chi connectivity index (χ3v) is 12.2. The Morgan fingerprint density at radius 2 is 1.68 bits per heavy atom. The fourth-order valence-electron chi connectivity index (χ4n) is 8.87. The van der Waals surface area contributed by atoms with E-state index in [-0.39, 0.29) is 35.9 Å². The minimum Gasteiger partial charge on any atom is -0.356 e. The third-order valence-electron chi connectivity index (χ3n) is 10.8. The molecule has 2 spiro atoms. The van der Waals surface area contributed by atoms with E-state index in [1.165, 1.54) is 0 Å². The highest BCUT2D eigenvalue weighted by molar-refractivity contribution is 8.16. The highest BCUT2D eigenvalue weighted by Crippen LogP contribution is 2.66. The number of likely N-dealkylation sites (N-methyl/N-ethyl adjacent to an activating group) is 1. The summed E-state index contributed by atoms with van der Waals surface area (Å²) in [7, 11) is 2.05. The number of amides is 1. The molecular formula is C37H33N3O3S. The fourth-order valence-corrected chi connectivity index (χ4v) is 10.5. The first-order chi connectivity index (χ1) is 21.4. The number of amidine groups is 1. The Labute approximate surface area is 261 Å². The van der Waals surface area contributed by atoms with Gasteiger partial charge in [-0.2, -0.15) is 0 Å². The smallest absolute Gasteiger partial charge is 0.247 e. The highest BCUT2D eigenvalue weighted by Gasteiger charge is 2.72. The lowest BCUT2D eigenvalue weighted by atomic mass is 9.81. The lowest BCUT2D eigenvalue weighted by Gasteiger charge is -2.43. The Morgan fingerprint density at radius 3 is 2.48 bits per heavy atom. The zero-order chi connectivity index (χ0) is 29.8. The van der Waals surface area contributed by atoms with E-state index in [2.05, 4.69) is 66.4 Å². The van der Waals surface area contributed by atoms with Gasteiger partial charge in [0.1, 0.15) is 10.3 Å². The van der Waals surface area contributed by atoms with Gasteiger partial charge < -0.3 is 4.74 Å². The molecular weight excluding hydrogens is 566 g/mol. The van der Waals surface area contributed by atoms with Gasteiger partial charge in [0.15, 0.2) is 17.2 Å². The maximum absolute atomic E-state index is 15.4. The van der Waals surface area contributed by atoms with Crippen LogP contribution in [0.4, 0.5) is 0 Å². The second-order valence-electron chi connectivity index (χ2n) is 13.0. The molecule has 7 heteroatoms. The van der Waals surface area contributed by atoms with Gasteiger partial charge in [-0.1, -0.05) is 108 Å². The van der Waals surface area contributed by atoms with Crippen molar-refractivity contribution in [3.63, 3.8) is 0 Å². The number of Topliss-reactive ketones (excluding diaryl/α,β-unsaturated/α-hetero) is 1. The first-order valence-corrected chi connectivity index (χ1v) is 16.4. The van der Waals surface area contributed by atoms with Gasteiger partial charge in [0.25, 0.3) is 0 Å². The molecule has 9 rings (SSSR count). The van der Waals surface area contributed by atoms with Crippen molar-refractivity contribution < 1.29 is 14.3 Å². The molecule has 3 unspecified atom stereocenters. The van der Waals surface area contributed by atoms with Crippen molar-refractivity contribution in [1.29, 1.82) is 0 Å². The lowest BCUT2D eigenvalue weighted by molar-refractivity contribution is -0.136. The number of carbonyl (C=O) groups is 2. The first kappa shape index (κ1) is 26.6. The number of aliphatic imine (C=N–C) groups is 1. The van der Waals surface area contributed by atoms with Crippen LogP contribution in [0.15, 0.2) is 96.0 Å². The van der Waals surface area contributed by atoms with Gasteiger partial charge in [0.05, 0.1) is 12.1 Å². The maximum Gasteiger partial charge on any atom is 0.247 e. The molecule has 0 aromatic heterocycles. The average molecular weight is 600 g/mol. The zero-order valence-corrected chi connectivity index (χ0v) is 25.6. The summed E-state index contributed by atoms with van der Waals surface area (Å²) < 4.78 is 5.31. The predicted octanol–water partition coefficient (Wildman–Crippen LogP) is 6.79. The predicted molar refractivity (Wildman–Crippen MR) is 173 cm³/mol. The quantitative estimate of drug-likeness (QED) is 0.254. The number of ether oxygens (including phenoxy) is 1. The molecule has 4 aromatic rings. The minimum atomic E-state index is -0.970. The molecule has 4 heterocycles. The number of aryl methyl sites for hydroxylation is 1. The van der Waals surface area contributed by atoms with E-state index >= 15 is 4.79 Å². The number of fused-ring (bicyclic) bond motifs is 3. The molecule has 1 aliphatic carbocycles. The van der Waals surface area contributed by atoms with Gasteiger partial charge in [-0.3, -0.25) is 19.4 Å². The number of rotatable bonds is 2. The molecule has 4 aromatic carbocycles. The van der Waals surface area contributed by atoms with Crippen LogP contribution in [0.25, 0.3) is 10.8 Å². The zero-order valence-electron chi connectivity index (χ0n) is 24.8. The first-order valence-electron chi connectivity index (χ1n) is 15.6. The van der Waals surface area contributed by atoms with Crippen LogP contribution >= 0.6 is 11.8 Å². The van der Waals surface area contributed by atoms with Crippen molar-refractivity contribution in [2.45, 2.75) is 54.8 Å². The van der Waals surface area contributed by atoms with Crippen LogP contribution in [0.5, 0.6) is 0 Å². The van der Waals surface area contributed by atoms with Crippen molar-refractivity contribution >= 4 is 39.4 Å². The van der Waals surface area contributed by atoms with E-state index in [4.69, 9.17) is 9.73 Å². The molecule has 0 saturated carbocycles. The van der Waals surface area contributed by atoms with Crippen LogP contribution in [0, 0.1) is 12.8 Å². The fraction of sp³-hybridized carbons (Fsp3) is 0.324. The van der Waals surface area contributed by atoms with Crippen LogP contribution in [-0.2, 0) is 15.1 Å². The number of hydrogen-bond acceptors (Lipinski definition) is 6. The summed E-state index contributed by atoms with van der Waals surface area (Å²) in [5.74, 6) is 0.202. The van der Waals surface area contributed by atoms with Crippen molar-refractivity contribution in [3.05, 3.63) is 119 Å². The van der Waals surface area contributed by atoms with E-state index in [0.717, 1.165) is 56.6 Å². The molecule has 44 heavy (non-hydrogen) atoms. The number of thioether (sulfide) groups is 1. The number of carbonyl (C=O) groups excluding carboxylic acids is 2. The van der Waals surface area contributed by atoms with Crippen LogP contribution in [0.2, 0.25) is 0 Å². The summed E-state index contributed by atoms with van der Waals surface area (Å²) in [4.78, 5) is 39.5. The van der Waals surface area contributed by atoms with Crippen LogP contribution in [-0.4, -0.2) is 51.3 Å². The molecule has 0 bridgehead atoms. The number of likely N-dealkylation sites (tertiary alicyclic amines) is 1. The van der Waals surface area contributed by atoms with Crippen molar-refractivity contribution in [3.8, 4) is 0 Å². The van der Waals surface area contributed by atoms with Gasteiger partial charge in [-0.25, -0.2) is 4.99 Å². The lowest BCUT2D eigenvalue weighted by Crippen LogP contribution is -2.50. The van der Waals surface area contributed by atoms with E-state index in [9.17, 15) is 4.79 Å². The summed E-state index contributed by atoms with van der Waals surface area (Å²) in [6, 6.07) is 30.6. The number of ketones is 1. The molecule has 220 valence electrons. The Kier molecular flexibility index (Phi) is 5.66. The standard InChI is InChI=1S/C37H33N3O3S/c1-22-16-18-25(19-17-22)31-37(21-36(39(31)2)28-15-7-12-23-11-6-13-26(29(23)28)32(36)41)34(42)40-30(24-9-4-3-5-10-24)27-14-8-20-43-33(27)38-35(40)44-37/h3-7,9-13,15-19,27,30-31,33H,8,14,20-21H2,1-2H3/t27?,30?,31-,33?,36+,37-/m1/s1. The van der Waals surface area contributed by atoms with Crippen molar-refractivity contribution in [2.24, 2.45) is 10.9 Å². The number of nitrogens with zero attached hydrogens (tertiary/aromatic N) is 3. The SMILES string of the molecule is Cc1ccc([C@H]2N(C)[C@]3(C[C@@]24SC2=NC5OCCCC5C(c5ccccc5)N2C4=O)C(=O)c2cccc4cccc3c24)cc1. The molecule has 1 amide bonds. The molecule has 5 aliphatic rings. The molecule has 3 saturated heterocycles. The van der Waals surface area contributed by atoms with E-state index < -0.39 is 10.3 Å². The van der Waals surface area contributed by atoms with Gasteiger partial charge in [0.2, 0.25) is 5.91 Å². The van der Waals surface area contributed by atoms with Crippen LogP contribution in [0.1, 0.15) is 64.0 Å². The van der Waals surface area contributed by atoms with Crippen molar-refractivity contribution in [1.82, 2.24) is 9.80 Å². The van der Waals surface area contributed by atoms with Gasteiger partial charge in [-0.15, -0.1) is 0 Å². The van der Waals surface area contributed by atoms with Crippen molar-refractivity contribution in [2.75, 3.05) is 13.7 Å². The van der Waals surface area contributed by atoms with E-state index in [1.54, 1.807) is 11.8 Å². The van der Waals surface area contributed by atoms with Crippen LogP contribution in [0.3, 0.4) is 0 Å². The normalized spacial score (nSPS) is 32.5. The summed E-state index contributed by atoms with van der Waals surface area (Å²) in [6.45, 7) is 2.76. The van der Waals surface area contributed by atoms with Crippen LogP contribution < -0.4 is 0 Å². The monoisotopic (exact) mass is 599 g/mol. The Hall–Kier alpha value is -3.78. The molecule has 3 fully saturated rings. The van der Waals surface area contributed by atoms with Gasteiger partial charge in [-0.05, 0) is 54.3 Å². The van der Waals surface area contributed by atoms with E-state index in [1.807, 2.05) is 48.3 Å². The summed E-state index contributed by atoms with van der Waals surface area (Å²) in [5.41, 5.74) is 4.08. The largest absolute Gasteiger partial charge is 0.356 e. The van der Waals surface area contributed by atoms with Gasteiger partial charge >= 0.3 is 0 Å². The summed E-state index contributed by atoms with van der Waals surface area (Å²) in [6.07, 6.45) is 1.99. The summed E-state index contributed by atoms with van der Waals surface area (Å²) >= 11 is 1.56. The number of benzene rings is 4. The minimum absolute atomic E-state index is 0.0457. The Balaban J connectivity index is 1.26. The average Bonchev–Trinajstić information content (AvgIpc) is 3.58. The van der Waals surface area contributed by atoms with Gasteiger partial charge in [0, 0.05) is 24.5 Å². The molecule has 0 N–H and O–H groups in total.